The SMILES string of the molecule is CCC1(C(=O)N[C@@H](C)c2ccc(-n3cc(F)cn3)nc2)CN(c2nc(C)cc(NC3CC(C)NN3)n2)C1. The largest absolute Gasteiger partial charge is 0.353 e. The van der Waals surface area contributed by atoms with E-state index in [1.807, 2.05) is 32.9 Å². The predicted octanol–water partition coefficient (Wildman–Crippen LogP) is 2.22. The Balaban J connectivity index is 1.21. The van der Waals surface area contributed by atoms with Gasteiger partial charge in [0.2, 0.25) is 11.9 Å². The summed E-state index contributed by atoms with van der Waals surface area (Å²) in [4.78, 5) is 29.1. The lowest BCUT2D eigenvalue weighted by Crippen LogP contribution is -2.63. The van der Waals surface area contributed by atoms with E-state index < -0.39 is 11.2 Å². The Hall–Kier alpha value is -3.64. The monoisotopic (exact) mass is 508 g/mol. The summed E-state index contributed by atoms with van der Waals surface area (Å²) < 4.78 is 14.6. The lowest BCUT2D eigenvalue weighted by Gasteiger charge is -2.48. The summed E-state index contributed by atoms with van der Waals surface area (Å²) in [7, 11) is 0. The van der Waals surface area contributed by atoms with E-state index in [-0.39, 0.29) is 18.1 Å². The lowest BCUT2D eigenvalue weighted by atomic mass is 9.76. The van der Waals surface area contributed by atoms with Crippen molar-refractivity contribution in [3.05, 3.63) is 53.9 Å². The Kier molecular flexibility index (Phi) is 6.78. The number of hydrazine groups is 1. The molecule has 11 nitrogen and oxygen atoms in total. The minimum Gasteiger partial charge on any atom is -0.353 e. The molecule has 0 aromatic carbocycles. The third-order valence-electron chi connectivity index (χ3n) is 7.09. The molecule has 196 valence electrons. The van der Waals surface area contributed by atoms with Gasteiger partial charge in [-0.05, 0) is 45.2 Å². The molecule has 3 aromatic rings. The van der Waals surface area contributed by atoms with Crippen molar-refractivity contribution >= 4 is 17.7 Å². The van der Waals surface area contributed by atoms with Crippen LogP contribution in [-0.2, 0) is 4.79 Å². The van der Waals surface area contributed by atoms with Gasteiger partial charge < -0.3 is 15.5 Å². The number of carbonyl (C=O) groups is 1. The van der Waals surface area contributed by atoms with Crippen molar-refractivity contribution in [1.29, 1.82) is 0 Å². The zero-order chi connectivity index (χ0) is 26.2. The van der Waals surface area contributed by atoms with E-state index in [9.17, 15) is 9.18 Å². The number of hydrogen-bond donors (Lipinski definition) is 4. The molecule has 0 bridgehead atoms. The van der Waals surface area contributed by atoms with Crippen LogP contribution in [0.4, 0.5) is 16.2 Å². The molecule has 2 aliphatic heterocycles. The van der Waals surface area contributed by atoms with Crippen molar-refractivity contribution in [2.24, 2.45) is 5.41 Å². The molecule has 2 aliphatic rings. The highest BCUT2D eigenvalue weighted by Crippen LogP contribution is 2.37. The lowest BCUT2D eigenvalue weighted by molar-refractivity contribution is -0.133. The summed E-state index contributed by atoms with van der Waals surface area (Å²) in [5.74, 6) is 1.47. The number of aromatic nitrogens is 5. The maximum absolute atomic E-state index is 13.3. The van der Waals surface area contributed by atoms with Crippen LogP contribution in [0.25, 0.3) is 5.82 Å². The van der Waals surface area contributed by atoms with Crippen LogP contribution in [0.15, 0.2) is 36.8 Å². The fourth-order valence-electron chi connectivity index (χ4n) is 4.76. The van der Waals surface area contributed by atoms with Gasteiger partial charge in [0.1, 0.15) is 5.82 Å². The number of halogens is 1. The summed E-state index contributed by atoms with van der Waals surface area (Å²) in [5, 5.41) is 10.5. The van der Waals surface area contributed by atoms with E-state index in [1.165, 1.54) is 10.9 Å². The normalized spacial score (nSPS) is 21.4. The number of rotatable bonds is 8. The minimum atomic E-state index is -0.513. The van der Waals surface area contributed by atoms with Crippen molar-refractivity contribution in [3.63, 3.8) is 0 Å². The van der Waals surface area contributed by atoms with Crippen LogP contribution in [-0.4, -0.2) is 55.9 Å². The number of carbonyl (C=O) groups excluding carboxylic acids is 1. The number of pyridine rings is 1. The van der Waals surface area contributed by atoms with E-state index in [4.69, 9.17) is 4.98 Å². The first-order valence-electron chi connectivity index (χ1n) is 12.6. The van der Waals surface area contributed by atoms with Crippen LogP contribution in [0.5, 0.6) is 0 Å². The van der Waals surface area contributed by atoms with Gasteiger partial charge in [0.25, 0.3) is 0 Å². The van der Waals surface area contributed by atoms with Gasteiger partial charge in [-0.3, -0.25) is 10.2 Å². The standard InChI is InChI=1S/C25H33FN10O/c1-5-25(23(37)30-17(4)18-6-7-22(27-10-18)36-12-19(26)11-28-36)13-35(14-25)24-29-15(2)8-20(32-24)31-21-9-16(3)33-34-21/h6-8,10-12,16-17,21,33-34H,5,9,13-14H2,1-4H3,(H,30,37)(H,29,31,32)/t16?,17-,21?/m0/s1. The molecule has 0 spiro atoms. The van der Waals surface area contributed by atoms with Crippen molar-refractivity contribution in [3.8, 4) is 5.82 Å². The molecule has 12 heteroatoms. The van der Waals surface area contributed by atoms with Gasteiger partial charge in [-0.15, -0.1) is 0 Å². The second-order valence-corrected chi connectivity index (χ2v) is 10.1. The number of anilines is 2. The van der Waals surface area contributed by atoms with Crippen molar-refractivity contribution in [1.82, 2.24) is 40.9 Å². The zero-order valence-electron chi connectivity index (χ0n) is 21.5. The number of amides is 1. The van der Waals surface area contributed by atoms with Crippen LogP contribution in [0.2, 0.25) is 0 Å². The zero-order valence-corrected chi connectivity index (χ0v) is 21.5. The van der Waals surface area contributed by atoms with Crippen LogP contribution in [0.1, 0.15) is 50.9 Å². The van der Waals surface area contributed by atoms with Crippen LogP contribution in [0, 0.1) is 18.2 Å². The predicted molar refractivity (Wildman–Crippen MR) is 137 cm³/mol. The highest BCUT2D eigenvalue weighted by atomic mass is 19.1. The van der Waals surface area contributed by atoms with Crippen LogP contribution in [0.3, 0.4) is 0 Å². The molecule has 1 amide bonds. The second kappa shape index (κ2) is 10.0. The molecule has 2 unspecified atom stereocenters. The third kappa shape index (κ3) is 5.25. The average Bonchev–Trinajstić information content (AvgIpc) is 3.46. The summed E-state index contributed by atoms with van der Waals surface area (Å²) >= 11 is 0. The van der Waals surface area contributed by atoms with Gasteiger partial charge in [0.05, 0.1) is 30.0 Å². The topological polar surface area (TPSA) is 125 Å². The average molecular weight is 509 g/mol. The number of nitrogens with zero attached hydrogens (tertiary/aromatic N) is 6. The third-order valence-corrected chi connectivity index (χ3v) is 7.09. The molecule has 3 atom stereocenters. The second-order valence-electron chi connectivity index (χ2n) is 10.1. The summed E-state index contributed by atoms with van der Waals surface area (Å²) in [5.41, 5.74) is 7.63. The Morgan fingerprint density at radius 3 is 2.70 bits per heavy atom. The van der Waals surface area contributed by atoms with E-state index in [2.05, 4.69) is 48.4 Å². The van der Waals surface area contributed by atoms with E-state index in [0.717, 1.165) is 29.7 Å². The fraction of sp³-hybridized carbons (Fsp3) is 0.480. The summed E-state index contributed by atoms with van der Waals surface area (Å²) in [6.07, 6.45) is 5.82. The highest BCUT2D eigenvalue weighted by molar-refractivity contribution is 5.86. The molecule has 2 saturated heterocycles. The Labute approximate surface area is 215 Å². The van der Waals surface area contributed by atoms with Crippen molar-refractivity contribution in [2.45, 2.75) is 58.8 Å². The Morgan fingerprint density at radius 2 is 2.08 bits per heavy atom. The highest BCUT2D eigenvalue weighted by Gasteiger charge is 2.49. The first-order valence-corrected chi connectivity index (χ1v) is 12.6. The van der Waals surface area contributed by atoms with Crippen LogP contribution >= 0.6 is 0 Å². The molecule has 5 heterocycles. The Bertz CT molecular complexity index is 1260. The molecule has 37 heavy (non-hydrogen) atoms. The van der Waals surface area contributed by atoms with Gasteiger partial charge in [-0.25, -0.2) is 24.5 Å². The van der Waals surface area contributed by atoms with Crippen molar-refractivity contribution < 1.29 is 9.18 Å². The number of aryl methyl sites for hydroxylation is 1. The maximum atomic E-state index is 13.3. The molecule has 4 N–H and O–H groups in total. The quantitative estimate of drug-likeness (QED) is 0.362. The molecule has 0 radical (unpaired) electrons. The summed E-state index contributed by atoms with van der Waals surface area (Å²) in [6, 6.07) is 5.70. The smallest absolute Gasteiger partial charge is 0.230 e. The van der Waals surface area contributed by atoms with Gasteiger partial charge in [-0.2, -0.15) is 10.1 Å². The van der Waals surface area contributed by atoms with Gasteiger partial charge in [-0.1, -0.05) is 13.0 Å². The molecule has 0 saturated carbocycles. The van der Waals surface area contributed by atoms with Gasteiger partial charge >= 0.3 is 0 Å². The van der Waals surface area contributed by atoms with E-state index >= 15 is 0 Å². The number of nitrogens with one attached hydrogen (secondary N) is 4. The van der Waals surface area contributed by atoms with Crippen LogP contribution < -0.4 is 26.4 Å². The van der Waals surface area contributed by atoms with E-state index in [0.29, 0.717) is 37.3 Å². The fourth-order valence-corrected chi connectivity index (χ4v) is 4.76. The summed E-state index contributed by atoms with van der Waals surface area (Å²) in [6.45, 7) is 9.13. The van der Waals surface area contributed by atoms with Gasteiger partial charge in [0.15, 0.2) is 11.6 Å². The first kappa shape index (κ1) is 25.0. The molecule has 5 rings (SSSR count). The van der Waals surface area contributed by atoms with Gasteiger partial charge in [0, 0.05) is 37.1 Å². The molecule has 3 aromatic heterocycles. The van der Waals surface area contributed by atoms with Crippen molar-refractivity contribution in [2.75, 3.05) is 23.3 Å². The maximum Gasteiger partial charge on any atom is 0.230 e. The number of hydrogen-bond acceptors (Lipinski definition) is 9. The molecular formula is C25H33FN10O. The Morgan fingerprint density at radius 1 is 1.27 bits per heavy atom. The minimum absolute atomic E-state index is 0.00167. The first-order chi connectivity index (χ1) is 17.7. The molecular weight excluding hydrogens is 475 g/mol. The van der Waals surface area contributed by atoms with E-state index in [1.54, 1.807) is 12.3 Å². The molecule has 2 fully saturated rings. The molecule has 0 aliphatic carbocycles.